The monoisotopic (exact) mass is 266 g/mol. The van der Waals surface area contributed by atoms with Crippen LogP contribution < -0.4 is 5.32 Å². The van der Waals surface area contributed by atoms with Crippen LogP contribution in [0.1, 0.15) is 52.4 Å². The zero-order valence-corrected chi connectivity index (χ0v) is 12.7. The standard InChI is InChI=1S/C16H30N2O/c1-13-9-18(10-14(2)19-13)12-16(7-3-4-8-16)11-17-15-5-6-15/h13-15,17H,3-12H2,1-2H3/t13-,14+. The van der Waals surface area contributed by atoms with Crippen LogP contribution in [0.25, 0.3) is 0 Å². The van der Waals surface area contributed by atoms with E-state index in [1.807, 2.05) is 0 Å². The van der Waals surface area contributed by atoms with Crippen LogP contribution in [0, 0.1) is 5.41 Å². The molecule has 3 aliphatic rings. The van der Waals surface area contributed by atoms with E-state index in [1.165, 1.54) is 51.6 Å². The maximum absolute atomic E-state index is 5.86. The van der Waals surface area contributed by atoms with Gasteiger partial charge in [0.25, 0.3) is 0 Å². The highest BCUT2D eigenvalue weighted by atomic mass is 16.5. The van der Waals surface area contributed by atoms with E-state index in [2.05, 4.69) is 24.1 Å². The van der Waals surface area contributed by atoms with Crippen LogP contribution >= 0.6 is 0 Å². The van der Waals surface area contributed by atoms with Crippen LogP contribution in [-0.2, 0) is 4.74 Å². The molecule has 19 heavy (non-hydrogen) atoms. The Morgan fingerprint density at radius 2 is 1.74 bits per heavy atom. The lowest BCUT2D eigenvalue weighted by atomic mass is 9.85. The van der Waals surface area contributed by atoms with E-state index in [-0.39, 0.29) is 0 Å². The third-order valence-corrected chi connectivity index (χ3v) is 5.06. The van der Waals surface area contributed by atoms with Crippen LogP contribution in [0.2, 0.25) is 0 Å². The average molecular weight is 266 g/mol. The van der Waals surface area contributed by atoms with Crippen molar-refractivity contribution >= 4 is 0 Å². The second-order valence-electron chi connectivity index (χ2n) is 7.31. The number of nitrogens with zero attached hydrogens (tertiary/aromatic N) is 1. The van der Waals surface area contributed by atoms with Crippen molar-refractivity contribution in [3.63, 3.8) is 0 Å². The van der Waals surface area contributed by atoms with Gasteiger partial charge in [0.15, 0.2) is 0 Å². The fourth-order valence-corrected chi connectivity index (χ4v) is 4.05. The van der Waals surface area contributed by atoms with Gasteiger partial charge in [-0.15, -0.1) is 0 Å². The van der Waals surface area contributed by atoms with Crippen molar-refractivity contribution in [3.05, 3.63) is 0 Å². The molecule has 0 unspecified atom stereocenters. The average Bonchev–Trinajstić information content (AvgIpc) is 3.06. The Morgan fingerprint density at radius 3 is 2.32 bits per heavy atom. The fourth-order valence-electron chi connectivity index (χ4n) is 4.05. The van der Waals surface area contributed by atoms with E-state index in [9.17, 15) is 0 Å². The van der Waals surface area contributed by atoms with Gasteiger partial charge in [-0.1, -0.05) is 12.8 Å². The molecule has 3 rings (SSSR count). The molecule has 1 heterocycles. The maximum atomic E-state index is 5.86. The molecule has 3 fully saturated rings. The summed E-state index contributed by atoms with van der Waals surface area (Å²) in [5.74, 6) is 0. The van der Waals surface area contributed by atoms with Gasteiger partial charge in [-0.05, 0) is 44.9 Å². The summed E-state index contributed by atoms with van der Waals surface area (Å²) < 4.78 is 5.86. The quantitative estimate of drug-likeness (QED) is 0.827. The van der Waals surface area contributed by atoms with E-state index in [0.717, 1.165) is 19.1 Å². The van der Waals surface area contributed by atoms with E-state index in [0.29, 0.717) is 17.6 Å². The summed E-state index contributed by atoms with van der Waals surface area (Å²) in [7, 11) is 0. The Balaban J connectivity index is 1.56. The molecular weight excluding hydrogens is 236 g/mol. The summed E-state index contributed by atoms with van der Waals surface area (Å²) in [5.41, 5.74) is 0.555. The van der Waals surface area contributed by atoms with Gasteiger partial charge in [0.1, 0.15) is 0 Å². The predicted molar refractivity (Wildman–Crippen MR) is 78.4 cm³/mol. The molecule has 0 spiro atoms. The van der Waals surface area contributed by atoms with Gasteiger partial charge in [0.2, 0.25) is 0 Å². The number of rotatable bonds is 5. The lowest BCUT2D eigenvalue weighted by molar-refractivity contribution is -0.0774. The van der Waals surface area contributed by atoms with Crippen LogP contribution in [0.5, 0.6) is 0 Å². The van der Waals surface area contributed by atoms with Gasteiger partial charge in [-0.3, -0.25) is 4.90 Å². The number of ether oxygens (including phenoxy) is 1. The summed E-state index contributed by atoms with van der Waals surface area (Å²) in [6.45, 7) is 9.20. The molecule has 2 saturated carbocycles. The molecule has 0 aromatic heterocycles. The van der Waals surface area contributed by atoms with Crippen LogP contribution in [0.4, 0.5) is 0 Å². The fraction of sp³-hybridized carbons (Fsp3) is 1.00. The zero-order chi connectivity index (χ0) is 13.3. The Hall–Kier alpha value is -0.120. The Bertz CT molecular complexity index is 287. The molecule has 2 aliphatic carbocycles. The van der Waals surface area contributed by atoms with Crippen molar-refractivity contribution < 1.29 is 4.74 Å². The van der Waals surface area contributed by atoms with E-state index < -0.39 is 0 Å². The van der Waals surface area contributed by atoms with Crippen molar-refractivity contribution in [2.75, 3.05) is 26.2 Å². The zero-order valence-electron chi connectivity index (χ0n) is 12.7. The summed E-state index contributed by atoms with van der Waals surface area (Å²) in [6.07, 6.45) is 9.32. The second-order valence-corrected chi connectivity index (χ2v) is 7.31. The smallest absolute Gasteiger partial charge is 0.0678 e. The summed E-state index contributed by atoms with van der Waals surface area (Å²) >= 11 is 0. The molecule has 0 radical (unpaired) electrons. The highest BCUT2D eigenvalue weighted by Crippen LogP contribution is 2.39. The number of morpholine rings is 1. The van der Waals surface area contributed by atoms with E-state index >= 15 is 0 Å². The summed E-state index contributed by atoms with van der Waals surface area (Å²) in [4.78, 5) is 2.67. The largest absolute Gasteiger partial charge is 0.373 e. The Labute approximate surface area is 118 Å². The van der Waals surface area contributed by atoms with Gasteiger partial charge in [0, 0.05) is 32.2 Å². The summed E-state index contributed by atoms with van der Waals surface area (Å²) in [5, 5.41) is 3.79. The van der Waals surface area contributed by atoms with Crippen molar-refractivity contribution in [3.8, 4) is 0 Å². The first-order chi connectivity index (χ1) is 9.15. The molecule has 0 amide bonds. The van der Waals surface area contributed by atoms with Gasteiger partial charge in [-0.2, -0.15) is 0 Å². The van der Waals surface area contributed by atoms with Crippen LogP contribution in [0.3, 0.4) is 0 Å². The highest BCUT2D eigenvalue weighted by Gasteiger charge is 2.38. The lowest BCUT2D eigenvalue weighted by Crippen LogP contribution is -2.51. The first-order valence-electron chi connectivity index (χ1n) is 8.26. The third kappa shape index (κ3) is 3.71. The molecule has 1 N–H and O–H groups in total. The van der Waals surface area contributed by atoms with Crippen LogP contribution in [-0.4, -0.2) is 49.3 Å². The van der Waals surface area contributed by atoms with Crippen molar-refractivity contribution in [1.29, 1.82) is 0 Å². The van der Waals surface area contributed by atoms with Gasteiger partial charge in [-0.25, -0.2) is 0 Å². The minimum absolute atomic E-state index is 0.401. The first-order valence-corrected chi connectivity index (χ1v) is 8.26. The Morgan fingerprint density at radius 1 is 1.11 bits per heavy atom. The number of nitrogens with one attached hydrogen (secondary N) is 1. The van der Waals surface area contributed by atoms with Gasteiger partial charge in [0.05, 0.1) is 12.2 Å². The molecule has 110 valence electrons. The van der Waals surface area contributed by atoms with Gasteiger partial charge >= 0.3 is 0 Å². The normalized spacial score (nSPS) is 35.7. The highest BCUT2D eigenvalue weighted by molar-refractivity contribution is 4.93. The SMILES string of the molecule is C[C@@H]1CN(CC2(CNC3CC3)CCCC2)C[C@H](C)O1. The minimum Gasteiger partial charge on any atom is -0.373 e. The maximum Gasteiger partial charge on any atom is 0.0678 e. The molecule has 2 atom stereocenters. The topological polar surface area (TPSA) is 24.5 Å². The molecule has 0 aromatic rings. The van der Waals surface area contributed by atoms with Gasteiger partial charge < -0.3 is 10.1 Å². The van der Waals surface area contributed by atoms with Crippen molar-refractivity contribution in [2.45, 2.75) is 70.6 Å². The Kier molecular flexibility index (Phi) is 4.16. The second kappa shape index (κ2) is 5.71. The number of hydrogen-bond acceptors (Lipinski definition) is 3. The molecule has 0 bridgehead atoms. The minimum atomic E-state index is 0.401. The lowest BCUT2D eigenvalue weighted by Gasteiger charge is -2.41. The number of hydrogen-bond donors (Lipinski definition) is 1. The molecule has 1 saturated heterocycles. The molecule has 3 heteroatoms. The summed E-state index contributed by atoms with van der Waals surface area (Å²) in [6, 6.07) is 0.847. The molecule has 3 nitrogen and oxygen atoms in total. The van der Waals surface area contributed by atoms with Crippen molar-refractivity contribution in [2.24, 2.45) is 5.41 Å². The molecular formula is C16H30N2O. The van der Waals surface area contributed by atoms with Crippen LogP contribution in [0.15, 0.2) is 0 Å². The van der Waals surface area contributed by atoms with E-state index in [1.54, 1.807) is 0 Å². The third-order valence-electron chi connectivity index (χ3n) is 5.06. The van der Waals surface area contributed by atoms with Crippen molar-refractivity contribution in [1.82, 2.24) is 10.2 Å². The first kappa shape index (κ1) is 13.8. The van der Waals surface area contributed by atoms with E-state index in [4.69, 9.17) is 4.74 Å². The predicted octanol–water partition coefficient (Wildman–Crippen LogP) is 2.41. The molecule has 0 aromatic carbocycles. The molecule has 1 aliphatic heterocycles.